The highest BCUT2D eigenvalue weighted by Crippen LogP contribution is 2.43. The molecule has 0 aliphatic heterocycles. The van der Waals surface area contributed by atoms with E-state index in [2.05, 4.69) is 20.6 Å². The van der Waals surface area contributed by atoms with Crippen LogP contribution in [-0.4, -0.2) is 51.0 Å². The van der Waals surface area contributed by atoms with Gasteiger partial charge in [-0.15, -0.1) is 24.0 Å². The van der Waals surface area contributed by atoms with E-state index in [1.807, 2.05) is 0 Å². The second-order valence-electron chi connectivity index (χ2n) is 6.75. The molecule has 0 bridgehead atoms. The van der Waals surface area contributed by atoms with Crippen LogP contribution in [0.3, 0.4) is 0 Å². The van der Waals surface area contributed by atoms with Crippen molar-refractivity contribution in [3.63, 3.8) is 0 Å². The molecule has 160 valence electrons. The van der Waals surface area contributed by atoms with Crippen molar-refractivity contribution >= 4 is 29.9 Å². The number of nitrogens with one attached hydrogen (secondary N) is 2. The number of alkyl halides is 3. The first-order valence-electron chi connectivity index (χ1n) is 8.94. The molecule has 2 N–H and O–H groups in total. The minimum atomic E-state index is -4.40. The van der Waals surface area contributed by atoms with Crippen molar-refractivity contribution in [3.8, 4) is 5.88 Å². The number of rotatable bonds is 9. The molecule has 6 nitrogen and oxygen atoms in total. The summed E-state index contributed by atoms with van der Waals surface area (Å²) in [5, 5.41) is 6.42. The van der Waals surface area contributed by atoms with Crippen LogP contribution in [0.15, 0.2) is 23.3 Å². The van der Waals surface area contributed by atoms with Gasteiger partial charge in [-0.05, 0) is 30.7 Å². The van der Waals surface area contributed by atoms with Gasteiger partial charge in [-0.25, -0.2) is 4.98 Å². The van der Waals surface area contributed by atoms with Gasteiger partial charge in [0.05, 0.1) is 0 Å². The zero-order valence-electron chi connectivity index (χ0n) is 16.1. The van der Waals surface area contributed by atoms with Crippen LogP contribution in [-0.2, 0) is 11.3 Å². The molecule has 1 aromatic rings. The van der Waals surface area contributed by atoms with Crippen LogP contribution in [0.4, 0.5) is 13.2 Å². The summed E-state index contributed by atoms with van der Waals surface area (Å²) in [4.78, 5) is 8.07. The maximum Gasteiger partial charge on any atom is 0.422 e. The zero-order valence-corrected chi connectivity index (χ0v) is 18.5. The summed E-state index contributed by atoms with van der Waals surface area (Å²) in [6.45, 7) is 0.390. The summed E-state index contributed by atoms with van der Waals surface area (Å²) in [7, 11) is 3.36. The highest BCUT2D eigenvalue weighted by atomic mass is 127. The molecular formula is C18H28F3IN4O2. The third-order valence-electron chi connectivity index (χ3n) is 4.77. The highest BCUT2D eigenvalue weighted by molar-refractivity contribution is 14.0. The molecule has 0 atom stereocenters. The second kappa shape index (κ2) is 11.6. The molecule has 28 heavy (non-hydrogen) atoms. The van der Waals surface area contributed by atoms with Gasteiger partial charge in [0.1, 0.15) is 0 Å². The molecule has 0 spiro atoms. The molecular weight excluding hydrogens is 488 g/mol. The minimum absolute atomic E-state index is 0. The fourth-order valence-corrected chi connectivity index (χ4v) is 3.02. The Morgan fingerprint density at radius 2 is 2.07 bits per heavy atom. The molecule has 1 aromatic heterocycles. The van der Waals surface area contributed by atoms with Crippen LogP contribution in [0.1, 0.15) is 31.2 Å². The fraction of sp³-hybridized carbons (Fsp3) is 0.667. The predicted octanol–water partition coefficient (Wildman–Crippen LogP) is 3.51. The van der Waals surface area contributed by atoms with Gasteiger partial charge in [0.25, 0.3) is 0 Å². The predicted molar refractivity (Wildman–Crippen MR) is 112 cm³/mol. The molecule has 1 heterocycles. The number of aliphatic imine (C=N–C) groups is 1. The van der Waals surface area contributed by atoms with Gasteiger partial charge in [-0.2, -0.15) is 13.2 Å². The molecule has 1 fully saturated rings. The largest absolute Gasteiger partial charge is 0.468 e. The number of halogens is 4. The van der Waals surface area contributed by atoms with Crippen LogP contribution < -0.4 is 15.4 Å². The third kappa shape index (κ3) is 7.98. The van der Waals surface area contributed by atoms with Crippen LogP contribution >= 0.6 is 24.0 Å². The van der Waals surface area contributed by atoms with Crippen LogP contribution in [0, 0.1) is 5.41 Å². The number of methoxy groups -OCH3 is 1. The Labute approximate surface area is 180 Å². The number of nitrogens with zero attached hydrogens (tertiary/aromatic N) is 2. The van der Waals surface area contributed by atoms with E-state index in [1.165, 1.54) is 12.6 Å². The Hall–Kier alpha value is -1.30. The van der Waals surface area contributed by atoms with Gasteiger partial charge >= 0.3 is 6.18 Å². The number of guanidine groups is 1. The SMILES string of the molecule is CN=C(NCc1cccnc1OCC(F)(F)F)NCC1(CCOC)CCC1.I. The first-order valence-corrected chi connectivity index (χ1v) is 8.94. The normalized spacial score (nSPS) is 16.0. The van der Waals surface area contributed by atoms with E-state index in [9.17, 15) is 13.2 Å². The fourth-order valence-electron chi connectivity index (χ4n) is 3.02. The van der Waals surface area contributed by atoms with Crippen molar-refractivity contribution in [2.45, 2.75) is 38.4 Å². The van der Waals surface area contributed by atoms with Crippen molar-refractivity contribution in [1.29, 1.82) is 0 Å². The molecule has 0 unspecified atom stereocenters. The van der Waals surface area contributed by atoms with Gasteiger partial charge in [0, 0.05) is 45.6 Å². The Kier molecular flexibility index (Phi) is 10.3. The van der Waals surface area contributed by atoms with E-state index in [4.69, 9.17) is 9.47 Å². The van der Waals surface area contributed by atoms with Gasteiger partial charge in [0.15, 0.2) is 12.6 Å². The van der Waals surface area contributed by atoms with Crippen molar-refractivity contribution in [2.24, 2.45) is 10.4 Å². The zero-order chi connectivity index (χ0) is 19.8. The first kappa shape index (κ1) is 24.7. The summed E-state index contributed by atoms with van der Waals surface area (Å²) < 4.78 is 47.1. The Balaban J connectivity index is 0.00000392. The lowest BCUT2D eigenvalue weighted by Gasteiger charge is -2.42. The van der Waals surface area contributed by atoms with Crippen molar-refractivity contribution < 1.29 is 22.6 Å². The average molecular weight is 516 g/mol. The second-order valence-corrected chi connectivity index (χ2v) is 6.75. The number of hydrogen-bond acceptors (Lipinski definition) is 4. The Bertz CT molecular complexity index is 625. The van der Waals surface area contributed by atoms with E-state index in [1.54, 1.807) is 26.3 Å². The number of aromatic nitrogens is 1. The van der Waals surface area contributed by atoms with Gasteiger partial charge < -0.3 is 20.1 Å². The molecule has 2 rings (SSSR count). The summed E-state index contributed by atoms with van der Waals surface area (Å²) in [5.41, 5.74) is 0.755. The van der Waals surface area contributed by atoms with E-state index >= 15 is 0 Å². The minimum Gasteiger partial charge on any atom is -0.468 e. The molecule has 1 saturated carbocycles. The standard InChI is InChI=1S/C18H27F3N4O2.HI/c1-22-16(25-12-17(6-4-7-17)8-10-26-2)24-11-14-5-3-9-23-15(14)27-13-18(19,20)21;/h3,5,9H,4,6-8,10-13H2,1-2H3,(H2,22,24,25);1H. The first-order chi connectivity index (χ1) is 12.9. The van der Waals surface area contributed by atoms with Crippen molar-refractivity contribution in [3.05, 3.63) is 23.9 Å². The molecule has 0 aromatic carbocycles. The van der Waals surface area contributed by atoms with Crippen LogP contribution in [0.2, 0.25) is 0 Å². The summed E-state index contributed by atoms with van der Waals surface area (Å²) >= 11 is 0. The molecule has 0 radical (unpaired) electrons. The molecule has 0 amide bonds. The number of hydrogen-bond donors (Lipinski definition) is 2. The van der Waals surface area contributed by atoms with Gasteiger partial charge in [-0.1, -0.05) is 12.5 Å². The number of ether oxygens (including phenoxy) is 2. The van der Waals surface area contributed by atoms with Crippen molar-refractivity contribution in [1.82, 2.24) is 15.6 Å². The van der Waals surface area contributed by atoms with Crippen molar-refractivity contribution in [2.75, 3.05) is 33.9 Å². The topological polar surface area (TPSA) is 67.8 Å². The molecule has 10 heteroatoms. The molecule has 0 saturated heterocycles. The lowest BCUT2D eigenvalue weighted by Crippen LogP contribution is -2.46. The lowest BCUT2D eigenvalue weighted by atomic mass is 9.67. The van der Waals surface area contributed by atoms with E-state index in [0.717, 1.165) is 32.4 Å². The van der Waals surface area contributed by atoms with Gasteiger partial charge in [0.2, 0.25) is 5.88 Å². The smallest absolute Gasteiger partial charge is 0.422 e. The van der Waals surface area contributed by atoms with E-state index in [0.29, 0.717) is 11.5 Å². The molecule has 1 aliphatic rings. The average Bonchev–Trinajstić information content (AvgIpc) is 2.61. The lowest BCUT2D eigenvalue weighted by molar-refractivity contribution is -0.154. The maximum atomic E-state index is 12.4. The van der Waals surface area contributed by atoms with E-state index in [-0.39, 0.29) is 41.8 Å². The summed E-state index contributed by atoms with van der Waals surface area (Å²) in [6, 6.07) is 3.33. The summed E-state index contributed by atoms with van der Waals surface area (Å²) in [6.07, 6.45) is 1.51. The monoisotopic (exact) mass is 516 g/mol. The summed E-state index contributed by atoms with van der Waals surface area (Å²) in [5.74, 6) is 0.553. The van der Waals surface area contributed by atoms with E-state index < -0.39 is 12.8 Å². The highest BCUT2D eigenvalue weighted by Gasteiger charge is 2.36. The maximum absolute atomic E-state index is 12.4. The Morgan fingerprint density at radius 1 is 1.32 bits per heavy atom. The quantitative estimate of drug-likeness (QED) is 0.299. The van der Waals surface area contributed by atoms with Crippen LogP contribution in [0.25, 0.3) is 0 Å². The van der Waals surface area contributed by atoms with Crippen LogP contribution in [0.5, 0.6) is 5.88 Å². The number of pyridine rings is 1. The molecule has 1 aliphatic carbocycles. The Morgan fingerprint density at radius 3 is 2.64 bits per heavy atom. The van der Waals surface area contributed by atoms with Gasteiger partial charge in [-0.3, -0.25) is 4.99 Å². The third-order valence-corrected chi connectivity index (χ3v) is 4.77.